The molecule has 6 heteroatoms. The summed E-state index contributed by atoms with van der Waals surface area (Å²) in [6.07, 6.45) is 0. The SMILES string of the molecule is CC(C)CNC(=O)c1ccc2c(c1)N=C(c1ccc(O)cc1F)c1ccccc1S2. The zero-order valence-electron chi connectivity index (χ0n) is 16.6. The Bertz CT molecular complexity index is 1160. The Labute approximate surface area is 178 Å². The van der Waals surface area contributed by atoms with E-state index in [0.29, 0.717) is 35.0 Å². The van der Waals surface area contributed by atoms with Crippen molar-refractivity contribution in [2.24, 2.45) is 10.9 Å². The van der Waals surface area contributed by atoms with E-state index in [9.17, 15) is 14.3 Å². The molecule has 0 spiro atoms. The largest absolute Gasteiger partial charge is 0.508 e. The maximum absolute atomic E-state index is 14.7. The van der Waals surface area contributed by atoms with Crippen LogP contribution in [-0.2, 0) is 0 Å². The molecule has 0 atom stereocenters. The Morgan fingerprint density at radius 1 is 1.07 bits per heavy atom. The van der Waals surface area contributed by atoms with Crippen molar-refractivity contribution in [1.82, 2.24) is 5.32 Å². The van der Waals surface area contributed by atoms with Gasteiger partial charge in [-0.3, -0.25) is 4.79 Å². The maximum atomic E-state index is 14.7. The molecule has 0 saturated carbocycles. The highest BCUT2D eigenvalue weighted by Gasteiger charge is 2.22. The highest BCUT2D eigenvalue weighted by Crippen LogP contribution is 2.42. The summed E-state index contributed by atoms with van der Waals surface area (Å²) in [6, 6.07) is 17.1. The molecule has 3 aromatic carbocycles. The number of amides is 1. The van der Waals surface area contributed by atoms with E-state index in [4.69, 9.17) is 4.99 Å². The number of fused-ring (bicyclic) bond motifs is 2. The zero-order chi connectivity index (χ0) is 21.3. The van der Waals surface area contributed by atoms with Crippen LogP contribution in [0.3, 0.4) is 0 Å². The number of hydrogen-bond acceptors (Lipinski definition) is 4. The first-order chi connectivity index (χ1) is 14.4. The molecular formula is C24H21FN2O2S. The minimum absolute atomic E-state index is 0.141. The van der Waals surface area contributed by atoms with Crippen LogP contribution in [0.2, 0.25) is 0 Å². The standard InChI is InChI=1S/C24H21FN2O2S/c1-14(2)13-26-24(29)15-7-10-22-20(11-15)27-23(17-9-8-16(28)12-19(17)25)18-5-3-4-6-21(18)30-22/h3-12,14,28H,13H2,1-2H3,(H,26,29). The lowest BCUT2D eigenvalue weighted by Gasteiger charge is -2.10. The first-order valence-corrected chi connectivity index (χ1v) is 10.5. The van der Waals surface area contributed by atoms with Crippen molar-refractivity contribution >= 4 is 29.1 Å². The number of aromatic hydroxyl groups is 1. The topological polar surface area (TPSA) is 61.7 Å². The summed E-state index contributed by atoms with van der Waals surface area (Å²) >= 11 is 1.53. The summed E-state index contributed by atoms with van der Waals surface area (Å²) in [5.41, 5.74) is 2.68. The zero-order valence-corrected chi connectivity index (χ0v) is 17.5. The molecule has 1 aliphatic rings. The number of halogens is 1. The molecule has 2 N–H and O–H groups in total. The fourth-order valence-electron chi connectivity index (χ4n) is 3.18. The van der Waals surface area contributed by atoms with Gasteiger partial charge in [-0.25, -0.2) is 9.38 Å². The predicted molar refractivity (Wildman–Crippen MR) is 118 cm³/mol. The fourth-order valence-corrected chi connectivity index (χ4v) is 4.19. The van der Waals surface area contributed by atoms with E-state index >= 15 is 0 Å². The van der Waals surface area contributed by atoms with Crippen LogP contribution >= 0.6 is 11.8 Å². The molecule has 3 aromatic rings. The molecule has 0 aromatic heterocycles. The van der Waals surface area contributed by atoms with Crippen LogP contribution in [0.4, 0.5) is 10.1 Å². The summed E-state index contributed by atoms with van der Waals surface area (Å²) in [5, 5.41) is 12.5. The van der Waals surface area contributed by atoms with Crippen molar-refractivity contribution in [2.75, 3.05) is 6.54 Å². The van der Waals surface area contributed by atoms with Crippen LogP contribution in [0.1, 0.15) is 35.3 Å². The molecule has 1 heterocycles. The van der Waals surface area contributed by atoms with E-state index in [1.165, 1.54) is 23.9 Å². The third-order valence-electron chi connectivity index (χ3n) is 4.69. The Balaban J connectivity index is 1.84. The van der Waals surface area contributed by atoms with Crippen LogP contribution in [-0.4, -0.2) is 23.3 Å². The van der Waals surface area contributed by atoms with Gasteiger partial charge in [-0.15, -0.1) is 0 Å². The number of hydrogen-bond donors (Lipinski definition) is 2. The Kier molecular flexibility index (Phi) is 5.59. The minimum atomic E-state index is -0.553. The van der Waals surface area contributed by atoms with E-state index < -0.39 is 5.82 Å². The van der Waals surface area contributed by atoms with Gasteiger partial charge < -0.3 is 10.4 Å². The second-order valence-corrected chi connectivity index (χ2v) is 8.59. The van der Waals surface area contributed by atoms with Gasteiger partial charge in [-0.05, 0) is 42.3 Å². The van der Waals surface area contributed by atoms with Gasteiger partial charge in [-0.1, -0.05) is 43.8 Å². The lowest BCUT2D eigenvalue weighted by atomic mass is 10.0. The quantitative estimate of drug-likeness (QED) is 0.455. The van der Waals surface area contributed by atoms with Gasteiger partial charge in [0.2, 0.25) is 0 Å². The third-order valence-corrected chi connectivity index (χ3v) is 5.84. The van der Waals surface area contributed by atoms with Gasteiger partial charge >= 0.3 is 0 Å². The van der Waals surface area contributed by atoms with Crippen LogP contribution in [0.5, 0.6) is 5.75 Å². The number of rotatable bonds is 4. The van der Waals surface area contributed by atoms with Gasteiger partial charge in [0.25, 0.3) is 5.91 Å². The summed E-state index contributed by atoms with van der Waals surface area (Å²) in [4.78, 5) is 19.1. The minimum Gasteiger partial charge on any atom is -0.508 e. The highest BCUT2D eigenvalue weighted by atomic mass is 32.2. The van der Waals surface area contributed by atoms with Gasteiger partial charge in [0.05, 0.1) is 11.4 Å². The fraction of sp³-hybridized carbons (Fsp3) is 0.167. The molecule has 0 radical (unpaired) electrons. The van der Waals surface area contributed by atoms with Crippen molar-refractivity contribution in [3.63, 3.8) is 0 Å². The maximum Gasteiger partial charge on any atom is 0.251 e. The smallest absolute Gasteiger partial charge is 0.251 e. The first kappa shape index (κ1) is 20.2. The Morgan fingerprint density at radius 3 is 2.63 bits per heavy atom. The molecule has 0 aliphatic carbocycles. The molecule has 4 nitrogen and oxygen atoms in total. The molecule has 0 unspecified atom stereocenters. The molecule has 0 fully saturated rings. The van der Waals surface area contributed by atoms with Crippen molar-refractivity contribution in [3.05, 3.63) is 83.2 Å². The number of nitrogens with zero attached hydrogens (tertiary/aromatic N) is 1. The number of carbonyl (C=O) groups excluding carboxylic acids is 1. The van der Waals surface area contributed by atoms with E-state index in [0.717, 1.165) is 21.4 Å². The van der Waals surface area contributed by atoms with Crippen LogP contribution in [0.15, 0.2) is 75.4 Å². The van der Waals surface area contributed by atoms with Gasteiger partial charge in [-0.2, -0.15) is 0 Å². The summed E-state index contributed by atoms with van der Waals surface area (Å²) in [6.45, 7) is 4.66. The summed E-state index contributed by atoms with van der Waals surface area (Å²) in [5.74, 6) is -0.506. The third kappa shape index (κ3) is 4.09. The van der Waals surface area contributed by atoms with Crippen molar-refractivity contribution in [2.45, 2.75) is 23.6 Å². The molecule has 1 aliphatic heterocycles. The van der Waals surface area contributed by atoms with Crippen LogP contribution < -0.4 is 5.32 Å². The Hall–Kier alpha value is -3.12. The number of benzene rings is 3. The van der Waals surface area contributed by atoms with Gasteiger partial charge in [0.15, 0.2) is 0 Å². The predicted octanol–water partition coefficient (Wildman–Crippen LogP) is 5.55. The lowest BCUT2D eigenvalue weighted by molar-refractivity contribution is 0.0949. The average Bonchev–Trinajstić information content (AvgIpc) is 2.88. The molecule has 0 bridgehead atoms. The number of carbonyl (C=O) groups is 1. The van der Waals surface area contributed by atoms with E-state index in [2.05, 4.69) is 5.32 Å². The molecule has 0 saturated heterocycles. The first-order valence-electron chi connectivity index (χ1n) is 9.69. The Morgan fingerprint density at radius 2 is 1.87 bits per heavy atom. The van der Waals surface area contributed by atoms with E-state index in [1.807, 2.05) is 44.2 Å². The van der Waals surface area contributed by atoms with Crippen molar-refractivity contribution in [3.8, 4) is 5.75 Å². The molecule has 30 heavy (non-hydrogen) atoms. The molecule has 1 amide bonds. The monoisotopic (exact) mass is 420 g/mol. The number of aliphatic imine (C=N–C) groups is 1. The molecule has 4 rings (SSSR count). The van der Waals surface area contributed by atoms with Crippen molar-refractivity contribution in [1.29, 1.82) is 0 Å². The number of phenolic OH excluding ortho intramolecular Hbond substituents is 1. The van der Waals surface area contributed by atoms with E-state index in [-0.39, 0.29) is 11.7 Å². The number of phenols is 1. The van der Waals surface area contributed by atoms with Gasteiger partial charge in [0.1, 0.15) is 11.6 Å². The van der Waals surface area contributed by atoms with E-state index in [1.54, 1.807) is 12.1 Å². The van der Waals surface area contributed by atoms with Crippen LogP contribution in [0, 0.1) is 11.7 Å². The summed E-state index contributed by atoms with van der Waals surface area (Å²) in [7, 11) is 0. The van der Waals surface area contributed by atoms with Crippen molar-refractivity contribution < 1.29 is 14.3 Å². The molecule has 152 valence electrons. The molecular weight excluding hydrogens is 399 g/mol. The second-order valence-electron chi connectivity index (χ2n) is 7.51. The number of nitrogens with one attached hydrogen (secondary N) is 1. The highest BCUT2D eigenvalue weighted by molar-refractivity contribution is 7.99. The normalized spacial score (nSPS) is 12.6. The summed E-state index contributed by atoms with van der Waals surface area (Å²) < 4.78 is 14.7. The lowest BCUT2D eigenvalue weighted by Crippen LogP contribution is -2.27. The second kappa shape index (κ2) is 8.32. The van der Waals surface area contributed by atoms with Gasteiger partial charge in [0, 0.05) is 39.1 Å². The average molecular weight is 421 g/mol. The van der Waals surface area contributed by atoms with Crippen LogP contribution in [0.25, 0.3) is 0 Å².